The van der Waals surface area contributed by atoms with Gasteiger partial charge in [0.25, 0.3) is 0 Å². The van der Waals surface area contributed by atoms with E-state index in [9.17, 15) is 17.6 Å². The highest BCUT2D eigenvalue weighted by Crippen LogP contribution is 2.40. The van der Waals surface area contributed by atoms with Gasteiger partial charge in [-0.1, -0.05) is 18.2 Å². The summed E-state index contributed by atoms with van der Waals surface area (Å²) in [6.45, 7) is 3.18. The maximum atomic E-state index is 13.5. The van der Waals surface area contributed by atoms with Crippen LogP contribution >= 0.6 is 0 Å². The number of alkyl halides is 3. The van der Waals surface area contributed by atoms with Crippen LogP contribution < -0.4 is 10.6 Å². The van der Waals surface area contributed by atoms with Gasteiger partial charge in [-0.05, 0) is 67.7 Å². The van der Waals surface area contributed by atoms with Crippen LogP contribution in [0.25, 0.3) is 0 Å². The molecule has 2 aromatic rings. The molecule has 0 saturated heterocycles. The van der Waals surface area contributed by atoms with Crippen LogP contribution in [0, 0.1) is 5.82 Å². The van der Waals surface area contributed by atoms with Crippen LogP contribution in [-0.4, -0.2) is 25.3 Å². The smallest absolute Gasteiger partial charge is 0.400 e. The van der Waals surface area contributed by atoms with Crippen molar-refractivity contribution in [3.05, 3.63) is 64.5 Å². The van der Waals surface area contributed by atoms with Gasteiger partial charge in [-0.25, -0.2) is 4.39 Å². The minimum absolute atomic E-state index is 0.144. The molecule has 0 bridgehead atoms. The minimum Gasteiger partial charge on any atom is -0.400 e. The molecule has 0 spiro atoms. The Balaban J connectivity index is 0.00000126. The summed E-state index contributed by atoms with van der Waals surface area (Å²) < 4.78 is 53.7. The fourth-order valence-corrected chi connectivity index (χ4v) is 3.22. The second-order valence-electron chi connectivity index (χ2n) is 6.29. The SMILES string of the molecule is CO.C[C@H](Nc1c(C(F)(F)F)ccc2c1CCNCC2)c1ccc(F)cc1. The number of halogens is 4. The van der Waals surface area contributed by atoms with Gasteiger partial charge in [-0.3, -0.25) is 0 Å². The summed E-state index contributed by atoms with van der Waals surface area (Å²) in [5, 5.41) is 13.3. The zero-order valence-corrected chi connectivity index (χ0v) is 15.3. The highest BCUT2D eigenvalue weighted by atomic mass is 19.4. The third kappa shape index (κ3) is 5.20. The van der Waals surface area contributed by atoms with E-state index in [1.165, 1.54) is 12.1 Å². The lowest BCUT2D eigenvalue weighted by atomic mass is 9.95. The molecule has 0 radical (unpaired) electrons. The summed E-state index contributed by atoms with van der Waals surface area (Å²) in [5.74, 6) is -0.369. The summed E-state index contributed by atoms with van der Waals surface area (Å²) in [6, 6.07) is 8.17. The molecule has 0 unspecified atom stereocenters. The minimum atomic E-state index is -4.43. The zero-order valence-electron chi connectivity index (χ0n) is 15.3. The topological polar surface area (TPSA) is 44.3 Å². The van der Waals surface area contributed by atoms with Crippen molar-refractivity contribution in [1.82, 2.24) is 5.32 Å². The Labute approximate surface area is 156 Å². The summed E-state index contributed by atoms with van der Waals surface area (Å²) in [5.41, 5.74) is 1.88. The molecule has 1 atom stereocenters. The average molecular weight is 384 g/mol. The Morgan fingerprint density at radius 2 is 1.63 bits per heavy atom. The molecule has 1 aliphatic heterocycles. The van der Waals surface area contributed by atoms with Crippen molar-refractivity contribution in [2.75, 3.05) is 25.5 Å². The normalized spacial score (nSPS) is 15.1. The van der Waals surface area contributed by atoms with Crippen molar-refractivity contribution in [3.63, 3.8) is 0 Å². The van der Waals surface area contributed by atoms with Gasteiger partial charge in [0.15, 0.2) is 0 Å². The molecule has 148 valence electrons. The van der Waals surface area contributed by atoms with Gasteiger partial charge >= 0.3 is 6.18 Å². The Bertz CT molecular complexity index is 745. The number of nitrogens with one attached hydrogen (secondary N) is 2. The van der Waals surface area contributed by atoms with E-state index in [0.717, 1.165) is 30.8 Å². The second-order valence-corrected chi connectivity index (χ2v) is 6.29. The monoisotopic (exact) mass is 384 g/mol. The van der Waals surface area contributed by atoms with Crippen LogP contribution in [-0.2, 0) is 19.0 Å². The molecule has 3 nitrogen and oxygen atoms in total. The van der Waals surface area contributed by atoms with Crippen LogP contribution in [0.3, 0.4) is 0 Å². The summed E-state index contributed by atoms with van der Waals surface area (Å²) in [7, 11) is 1.00. The molecule has 1 aliphatic rings. The van der Waals surface area contributed by atoms with Crippen LogP contribution in [0.15, 0.2) is 36.4 Å². The molecule has 0 saturated carbocycles. The first-order valence-corrected chi connectivity index (χ1v) is 8.75. The van der Waals surface area contributed by atoms with Crippen molar-refractivity contribution < 1.29 is 22.7 Å². The third-order valence-corrected chi connectivity index (χ3v) is 4.57. The van der Waals surface area contributed by atoms with Gasteiger partial charge in [-0.15, -0.1) is 0 Å². The number of anilines is 1. The van der Waals surface area contributed by atoms with E-state index < -0.39 is 11.7 Å². The number of benzene rings is 2. The predicted octanol–water partition coefficient (Wildman–Crippen LogP) is 4.31. The molecule has 0 aromatic heterocycles. The number of aliphatic hydroxyl groups is 1. The van der Waals surface area contributed by atoms with Crippen LogP contribution in [0.4, 0.5) is 23.2 Å². The summed E-state index contributed by atoms with van der Waals surface area (Å²) in [6.07, 6.45) is -3.19. The van der Waals surface area contributed by atoms with E-state index >= 15 is 0 Å². The first kappa shape index (κ1) is 21.2. The Kier molecular flexibility index (Phi) is 7.21. The van der Waals surface area contributed by atoms with Gasteiger partial charge < -0.3 is 15.7 Å². The van der Waals surface area contributed by atoms with E-state index in [-0.39, 0.29) is 17.5 Å². The predicted molar refractivity (Wildman–Crippen MR) is 98.3 cm³/mol. The lowest BCUT2D eigenvalue weighted by Gasteiger charge is -2.24. The van der Waals surface area contributed by atoms with Gasteiger partial charge in [-0.2, -0.15) is 13.2 Å². The fourth-order valence-electron chi connectivity index (χ4n) is 3.22. The van der Waals surface area contributed by atoms with E-state index in [2.05, 4.69) is 10.6 Å². The number of aliphatic hydroxyl groups excluding tert-OH is 1. The van der Waals surface area contributed by atoms with Crippen molar-refractivity contribution in [2.45, 2.75) is 32.0 Å². The maximum Gasteiger partial charge on any atom is 0.418 e. The van der Waals surface area contributed by atoms with E-state index in [1.54, 1.807) is 25.1 Å². The highest BCUT2D eigenvalue weighted by molar-refractivity contribution is 5.63. The zero-order chi connectivity index (χ0) is 20.0. The van der Waals surface area contributed by atoms with Gasteiger partial charge in [0.1, 0.15) is 5.82 Å². The Hall–Kier alpha value is -2.12. The fraction of sp³-hybridized carbons (Fsp3) is 0.400. The Morgan fingerprint density at radius 3 is 2.26 bits per heavy atom. The molecule has 27 heavy (non-hydrogen) atoms. The van der Waals surface area contributed by atoms with Crippen molar-refractivity contribution in [2.24, 2.45) is 0 Å². The number of fused-ring (bicyclic) bond motifs is 1. The van der Waals surface area contributed by atoms with Gasteiger partial charge in [0, 0.05) is 13.2 Å². The largest absolute Gasteiger partial charge is 0.418 e. The van der Waals surface area contributed by atoms with Gasteiger partial charge in [0.05, 0.1) is 11.3 Å². The van der Waals surface area contributed by atoms with Crippen molar-refractivity contribution >= 4 is 5.69 Å². The molecule has 1 heterocycles. The number of hydrogen-bond donors (Lipinski definition) is 3. The molecule has 0 fully saturated rings. The number of rotatable bonds is 3. The summed E-state index contributed by atoms with van der Waals surface area (Å²) >= 11 is 0. The van der Waals surface area contributed by atoms with Gasteiger partial charge in [0.2, 0.25) is 0 Å². The number of hydrogen-bond acceptors (Lipinski definition) is 3. The molecule has 0 amide bonds. The summed E-state index contributed by atoms with van der Waals surface area (Å²) in [4.78, 5) is 0. The molecule has 0 aliphatic carbocycles. The van der Waals surface area contributed by atoms with E-state index in [1.807, 2.05) is 0 Å². The molecular formula is C20H24F4N2O. The Morgan fingerprint density at radius 1 is 1.00 bits per heavy atom. The van der Waals surface area contributed by atoms with Crippen LogP contribution in [0.2, 0.25) is 0 Å². The van der Waals surface area contributed by atoms with Crippen LogP contribution in [0.5, 0.6) is 0 Å². The van der Waals surface area contributed by atoms with E-state index in [0.29, 0.717) is 24.9 Å². The lowest BCUT2D eigenvalue weighted by molar-refractivity contribution is -0.137. The van der Waals surface area contributed by atoms with E-state index in [4.69, 9.17) is 5.11 Å². The van der Waals surface area contributed by atoms with Crippen molar-refractivity contribution in [1.29, 1.82) is 0 Å². The molecule has 2 aromatic carbocycles. The molecule has 3 N–H and O–H groups in total. The maximum absolute atomic E-state index is 13.5. The molecule has 3 rings (SSSR count). The standard InChI is InChI=1S/C19H20F4N2.CH4O/c1-12(13-2-5-15(20)6-3-13)25-18-16-9-11-24-10-8-14(16)4-7-17(18)19(21,22)23;1-2/h2-7,12,24-25H,8-11H2,1H3;2H,1H3/t12-;/m0./s1. The average Bonchev–Trinajstić information content (AvgIpc) is 2.89. The molecular weight excluding hydrogens is 360 g/mol. The quantitative estimate of drug-likeness (QED) is 0.691. The first-order valence-electron chi connectivity index (χ1n) is 8.75. The second kappa shape index (κ2) is 9.19. The third-order valence-electron chi connectivity index (χ3n) is 4.57. The lowest BCUT2D eigenvalue weighted by Crippen LogP contribution is -2.18. The van der Waals surface area contributed by atoms with Crippen LogP contribution in [0.1, 0.15) is 35.2 Å². The van der Waals surface area contributed by atoms with Crippen molar-refractivity contribution in [3.8, 4) is 0 Å². The first-order chi connectivity index (χ1) is 12.9. The molecule has 7 heteroatoms. The highest BCUT2D eigenvalue weighted by Gasteiger charge is 2.35.